The van der Waals surface area contributed by atoms with Crippen LogP contribution in [-0.4, -0.2) is 23.7 Å². The average molecular weight is 340 g/mol. The van der Waals surface area contributed by atoms with Crippen LogP contribution in [0.25, 0.3) is 0 Å². The van der Waals surface area contributed by atoms with Crippen molar-refractivity contribution in [3.8, 4) is 0 Å². The molecule has 2 aromatic rings. The van der Waals surface area contributed by atoms with Crippen molar-refractivity contribution >= 4 is 33.5 Å². The number of hydrogen-bond donors (Lipinski definition) is 2. The van der Waals surface area contributed by atoms with E-state index in [4.69, 9.17) is 11.5 Å². The first-order chi connectivity index (χ1) is 10.3. The lowest BCUT2D eigenvalue weighted by molar-refractivity contribution is -0.713. The number of rotatable bonds is 1. The molecule has 1 aliphatic rings. The monoisotopic (exact) mass is 340 g/mol. The minimum absolute atomic E-state index is 0.178. The molecule has 118 valence electrons. The molecule has 0 radical (unpaired) electrons. The van der Waals surface area contributed by atoms with Crippen LogP contribution in [0.1, 0.15) is 5.56 Å². The number of nitrogen functional groups attached to an aromatic ring is 2. The lowest BCUT2D eigenvalue weighted by atomic mass is 10.2. The maximum absolute atomic E-state index is 10.4. The Hall–Kier alpha value is -1.84. The highest BCUT2D eigenvalue weighted by Crippen LogP contribution is 2.19. The van der Waals surface area contributed by atoms with Crippen LogP contribution < -0.4 is 16.0 Å². The van der Waals surface area contributed by atoms with Gasteiger partial charge in [0.1, 0.15) is 10.1 Å². The fourth-order valence-electron chi connectivity index (χ4n) is 1.81. The van der Waals surface area contributed by atoms with Gasteiger partial charge in [-0.2, -0.15) is 0 Å². The Balaban J connectivity index is 0.000000160. The smallest absolute Gasteiger partial charge is 0.301 e. The maximum Gasteiger partial charge on any atom is 0.301 e. The Morgan fingerprint density at radius 3 is 2.50 bits per heavy atom. The van der Waals surface area contributed by atoms with Gasteiger partial charge < -0.3 is 16.0 Å². The van der Waals surface area contributed by atoms with Gasteiger partial charge in [-0.05, 0) is 30.8 Å². The number of benzene rings is 1. The third-order valence-electron chi connectivity index (χ3n) is 2.92. The van der Waals surface area contributed by atoms with Crippen LogP contribution in [-0.2, 0) is 16.7 Å². The summed E-state index contributed by atoms with van der Waals surface area (Å²) in [5.74, 6) is 2.25. The summed E-state index contributed by atoms with van der Waals surface area (Å²) in [4.78, 5) is 3.96. The van der Waals surface area contributed by atoms with Crippen molar-refractivity contribution in [1.29, 1.82) is 0 Å². The van der Waals surface area contributed by atoms with E-state index in [0.717, 1.165) is 23.0 Å². The number of hydrogen-bond acceptors (Lipinski definition) is 7. The maximum atomic E-state index is 10.4. The van der Waals surface area contributed by atoms with Gasteiger partial charge in [0.2, 0.25) is 11.6 Å². The molecule has 0 saturated heterocycles. The number of nitrogens with two attached hydrogens (primary N) is 2. The number of anilines is 2. The predicted molar refractivity (Wildman–Crippen MR) is 83.1 cm³/mol. The van der Waals surface area contributed by atoms with Crippen molar-refractivity contribution in [3.05, 3.63) is 35.9 Å². The highest BCUT2D eigenvalue weighted by Gasteiger charge is 2.21. The van der Waals surface area contributed by atoms with E-state index >= 15 is 0 Å². The number of fused-ring (bicyclic) bond motifs is 1. The topological polar surface area (TPSA) is 126 Å². The van der Waals surface area contributed by atoms with E-state index in [9.17, 15) is 13.0 Å². The Labute approximate surface area is 133 Å². The summed E-state index contributed by atoms with van der Waals surface area (Å²) >= 11 is 1.69. The summed E-state index contributed by atoms with van der Waals surface area (Å²) < 4.78 is 33.1. The SMILES string of the molecule is Cc1ccc(S(=O)(=O)[O-])cc1.Nc1cc(N)[n+]2c(n1)SCC2. The van der Waals surface area contributed by atoms with Crippen molar-refractivity contribution in [2.75, 3.05) is 17.2 Å². The molecular weight excluding hydrogens is 324 g/mol. The second kappa shape index (κ2) is 6.51. The van der Waals surface area contributed by atoms with Crippen LogP contribution in [0.5, 0.6) is 0 Å². The fraction of sp³-hybridized carbons (Fsp3) is 0.231. The molecule has 1 aromatic carbocycles. The normalized spacial score (nSPS) is 13.2. The van der Waals surface area contributed by atoms with E-state index in [-0.39, 0.29) is 4.90 Å². The molecule has 1 aromatic heterocycles. The van der Waals surface area contributed by atoms with Crippen molar-refractivity contribution in [1.82, 2.24) is 4.98 Å². The minimum Gasteiger partial charge on any atom is -0.744 e. The van der Waals surface area contributed by atoms with E-state index in [0.29, 0.717) is 11.6 Å². The second-order valence-corrected chi connectivity index (χ2v) is 7.10. The standard InChI is InChI=1S/C7H8O3S.C6H8N4S/c1-6-2-4-7(5-3-6)11(8,9)10;7-4-3-5(8)10-1-2-11-6(10)9-4/h2-5H,1H3,(H,8,9,10);3H,1-2H2,(H3,7,8). The molecule has 7 nitrogen and oxygen atoms in total. The zero-order valence-electron chi connectivity index (χ0n) is 11.9. The van der Waals surface area contributed by atoms with Gasteiger partial charge in [0.15, 0.2) is 0 Å². The van der Waals surface area contributed by atoms with Gasteiger partial charge in [-0.15, -0.1) is 0 Å². The molecule has 0 amide bonds. The molecule has 4 N–H and O–H groups in total. The Kier molecular flexibility index (Phi) is 4.89. The molecule has 0 unspecified atom stereocenters. The van der Waals surface area contributed by atoms with Gasteiger partial charge >= 0.3 is 5.16 Å². The number of aromatic nitrogens is 2. The molecular formula is C13H16N4O3S2. The van der Waals surface area contributed by atoms with Crippen LogP contribution in [0, 0.1) is 6.92 Å². The number of aryl methyl sites for hydroxylation is 1. The van der Waals surface area contributed by atoms with Crippen molar-refractivity contribution in [2.45, 2.75) is 23.5 Å². The quantitative estimate of drug-likeness (QED) is 0.441. The molecule has 3 rings (SSSR count). The van der Waals surface area contributed by atoms with Crippen molar-refractivity contribution in [3.63, 3.8) is 0 Å². The van der Waals surface area contributed by atoms with E-state index in [1.807, 2.05) is 11.5 Å². The van der Waals surface area contributed by atoms with E-state index < -0.39 is 10.1 Å². The fourth-order valence-corrected chi connectivity index (χ4v) is 3.26. The zero-order chi connectivity index (χ0) is 16.3. The van der Waals surface area contributed by atoms with Crippen LogP contribution in [0.3, 0.4) is 0 Å². The first kappa shape index (κ1) is 16.5. The van der Waals surface area contributed by atoms with Gasteiger partial charge in [0, 0.05) is 5.75 Å². The molecule has 0 aliphatic carbocycles. The zero-order valence-corrected chi connectivity index (χ0v) is 13.5. The van der Waals surface area contributed by atoms with Gasteiger partial charge in [-0.3, -0.25) is 0 Å². The Morgan fingerprint density at radius 1 is 1.27 bits per heavy atom. The summed E-state index contributed by atoms with van der Waals surface area (Å²) in [7, 11) is -4.27. The predicted octanol–water partition coefficient (Wildman–Crippen LogP) is 0.538. The first-order valence-electron chi connectivity index (χ1n) is 6.38. The highest BCUT2D eigenvalue weighted by molar-refractivity contribution is 7.99. The summed E-state index contributed by atoms with van der Waals surface area (Å²) in [5, 5.41) is 0.933. The molecule has 0 fully saturated rings. The molecule has 0 saturated carbocycles. The van der Waals surface area contributed by atoms with Gasteiger partial charge in [-0.25, -0.2) is 13.0 Å². The third kappa shape index (κ3) is 4.09. The Morgan fingerprint density at radius 2 is 1.91 bits per heavy atom. The lowest BCUT2D eigenvalue weighted by Gasteiger charge is -2.05. The van der Waals surface area contributed by atoms with Crippen molar-refractivity contribution in [2.24, 2.45) is 0 Å². The lowest BCUT2D eigenvalue weighted by Crippen LogP contribution is -2.37. The van der Waals surface area contributed by atoms with Gasteiger partial charge in [0.05, 0.1) is 17.5 Å². The largest absolute Gasteiger partial charge is 0.744 e. The van der Waals surface area contributed by atoms with Gasteiger partial charge in [0.25, 0.3) is 0 Å². The van der Waals surface area contributed by atoms with Crippen LogP contribution in [0.2, 0.25) is 0 Å². The molecule has 0 bridgehead atoms. The highest BCUT2D eigenvalue weighted by atomic mass is 32.2. The number of thioether (sulfide) groups is 1. The summed E-state index contributed by atoms with van der Waals surface area (Å²) in [6.45, 7) is 2.76. The molecule has 0 spiro atoms. The second-order valence-electron chi connectivity index (χ2n) is 4.66. The van der Waals surface area contributed by atoms with E-state index in [1.165, 1.54) is 12.1 Å². The summed E-state index contributed by atoms with van der Waals surface area (Å²) in [6, 6.07) is 7.47. The minimum atomic E-state index is -4.27. The molecule has 9 heteroatoms. The van der Waals surface area contributed by atoms with Crippen LogP contribution >= 0.6 is 11.8 Å². The third-order valence-corrected chi connectivity index (χ3v) is 4.72. The Bertz CT molecular complexity index is 777. The van der Waals surface area contributed by atoms with Crippen LogP contribution in [0.4, 0.5) is 11.6 Å². The average Bonchev–Trinajstić information content (AvgIpc) is 2.87. The summed E-state index contributed by atoms with van der Waals surface area (Å²) in [6.07, 6.45) is 0. The molecule has 0 atom stereocenters. The van der Waals surface area contributed by atoms with E-state index in [1.54, 1.807) is 30.0 Å². The van der Waals surface area contributed by atoms with Crippen LogP contribution in [0.15, 0.2) is 40.4 Å². The molecule has 22 heavy (non-hydrogen) atoms. The number of nitrogens with zero attached hydrogens (tertiary/aromatic N) is 2. The first-order valence-corrected chi connectivity index (χ1v) is 8.78. The van der Waals surface area contributed by atoms with E-state index in [2.05, 4.69) is 4.98 Å². The molecule has 2 heterocycles. The molecule has 1 aliphatic heterocycles. The van der Waals surface area contributed by atoms with Gasteiger partial charge in [-0.1, -0.05) is 22.7 Å². The summed E-state index contributed by atoms with van der Waals surface area (Å²) in [5.41, 5.74) is 12.1. The van der Waals surface area contributed by atoms with Crippen molar-refractivity contribution < 1.29 is 17.5 Å².